The Labute approximate surface area is 125 Å². The molecule has 1 aliphatic carbocycles. The Morgan fingerprint density at radius 3 is 2.24 bits per heavy atom. The van der Waals surface area contributed by atoms with E-state index >= 15 is 0 Å². The zero-order valence-electron chi connectivity index (χ0n) is 12.6. The maximum atomic E-state index is 12.4. The van der Waals surface area contributed by atoms with E-state index in [0.717, 1.165) is 31.4 Å². The van der Waals surface area contributed by atoms with Crippen molar-refractivity contribution in [2.75, 3.05) is 19.0 Å². The van der Waals surface area contributed by atoms with Crippen LogP contribution in [0.4, 0.5) is 5.69 Å². The minimum Gasteiger partial charge on any atom is -0.481 e. The van der Waals surface area contributed by atoms with Gasteiger partial charge in [0.05, 0.1) is 12.0 Å². The molecule has 0 bridgehead atoms. The quantitative estimate of drug-likeness (QED) is 0.873. The first-order valence-electron chi connectivity index (χ1n) is 7.24. The Hall–Kier alpha value is -2.04. The Morgan fingerprint density at radius 2 is 1.76 bits per heavy atom. The Kier molecular flexibility index (Phi) is 4.50. The van der Waals surface area contributed by atoms with Crippen molar-refractivity contribution in [2.45, 2.75) is 37.6 Å². The zero-order chi connectivity index (χ0) is 15.5. The summed E-state index contributed by atoms with van der Waals surface area (Å²) in [5.41, 5.74) is 1.01. The molecule has 1 amide bonds. The van der Waals surface area contributed by atoms with Crippen LogP contribution in [0.1, 0.15) is 42.5 Å². The Bertz CT molecular complexity index is 517. The average molecular weight is 290 g/mol. The van der Waals surface area contributed by atoms with Crippen LogP contribution in [0, 0.1) is 0 Å². The highest BCUT2D eigenvalue weighted by Crippen LogP contribution is 2.33. The van der Waals surface area contributed by atoms with Crippen molar-refractivity contribution >= 4 is 17.6 Å². The molecule has 5 heteroatoms. The Morgan fingerprint density at radius 1 is 1.19 bits per heavy atom. The van der Waals surface area contributed by atoms with Gasteiger partial charge < -0.3 is 15.3 Å². The van der Waals surface area contributed by atoms with Crippen LogP contribution < -0.4 is 10.2 Å². The second kappa shape index (κ2) is 6.16. The van der Waals surface area contributed by atoms with Crippen LogP contribution in [0.2, 0.25) is 0 Å². The lowest BCUT2D eigenvalue weighted by Gasteiger charge is -2.28. The summed E-state index contributed by atoms with van der Waals surface area (Å²) in [5.74, 6) is -1.05. The highest BCUT2D eigenvalue weighted by molar-refractivity contribution is 5.95. The van der Waals surface area contributed by atoms with Gasteiger partial charge in [-0.05, 0) is 37.1 Å². The minimum absolute atomic E-state index is 0.00544. The zero-order valence-corrected chi connectivity index (χ0v) is 12.6. The van der Waals surface area contributed by atoms with E-state index in [4.69, 9.17) is 5.11 Å². The molecule has 0 saturated heterocycles. The first-order valence-corrected chi connectivity index (χ1v) is 7.24. The summed E-state index contributed by atoms with van der Waals surface area (Å²) >= 11 is 0. The number of nitrogens with one attached hydrogen (secondary N) is 1. The van der Waals surface area contributed by atoms with Crippen molar-refractivity contribution in [1.82, 2.24) is 5.32 Å². The highest BCUT2D eigenvalue weighted by atomic mass is 16.4. The smallest absolute Gasteiger partial charge is 0.305 e. The van der Waals surface area contributed by atoms with E-state index in [1.807, 2.05) is 31.1 Å². The van der Waals surface area contributed by atoms with Gasteiger partial charge in [0.15, 0.2) is 0 Å². The molecule has 0 radical (unpaired) electrons. The van der Waals surface area contributed by atoms with Crippen molar-refractivity contribution in [3.05, 3.63) is 29.8 Å². The van der Waals surface area contributed by atoms with Crippen molar-refractivity contribution in [1.29, 1.82) is 0 Å². The molecule has 1 aromatic carbocycles. The summed E-state index contributed by atoms with van der Waals surface area (Å²) in [4.78, 5) is 25.4. The standard InChI is InChI=1S/C16H22N2O3/c1-18(2)13-7-5-12(6-8-13)15(21)17-16(11-14(19)20)9-3-4-10-16/h5-8H,3-4,9-11H2,1-2H3,(H,17,21)(H,19,20). The molecule has 1 fully saturated rings. The normalized spacial score (nSPS) is 16.5. The molecule has 0 unspecified atom stereocenters. The van der Waals surface area contributed by atoms with E-state index in [2.05, 4.69) is 5.32 Å². The first-order chi connectivity index (χ1) is 9.92. The van der Waals surface area contributed by atoms with Crippen molar-refractivity contribution in [3.63, 3.8) is 0 Å². The fraction of sp³-hybridized carbons (Fsp3) is 0.500. The number of benzene rings is 1. The largest absolute Gasteiger partial charge is 0.481 e. The van der Waals surface area contributed by atoms with Crippen LogP contribution in [-0.2, 0) is 4.79 Å². The number of anilines is 1. The molecular formula is C16H22N2O3. The lowest BCUT2D eigenvalue weighted by atomic mass is 9.92. The van der Waals surface area contributed by atoms with Crippen molar-refractivity contribution in [2.24, 2.45) is 0 Å². The lowest BCUT2D eigenvalue weighted by Crippen LogP contribution is -2.47. The second-order valence-electron chi connectivity index (χ2n) is 5.95. The van der Waals surface area contributed by atoms with E-state index in [1.54, 1.807) is 12.1 Å². The van der Waals surface area contributed by atoms with E-state index in [1.165, 1.54) is 0 Å². The van der Waals surface area contributed by atoms with Gasteiger partial charge in [-0.25, -0.2) is 0 Å². The first kappa shape index (κ1) is 15.4. The number of hydrogen-bond acceptors (Lipinski definition) is 3. The van der Waals surface area contributed by atoms with Gasteiger partial charge in [-0.3, -0.25) is 9.59 Å². The molecule has 0 aliphatic heterocycles. The van der Waals surface area contributed by atoms with E-state index < -0.39 is 11.5 Å². The second-order valence-corrected chi connectivity index (χ2v) is 5.95. The van der Waals surface area contributed by atoms with E-state index in [-0.39, 0.29) is 12.3 Å². The molecule has 2 N–H and O–H groups in total. The van der Waals surface area contributed by atoms with Gasteiger partial charge >= 0.3 is 5.97 Å². The molecule has 0 atom stereocenters. The predicted molar refractivity (Wildman–Crippen MR) is 81.7 cm³/mol. The van der Waals surface area contributed by atoms with Gasteiger partial charge in [-0.2, -0.15) is 0 Å². The molecule has 2 rings (SSSR count). The third-order valence-electron chi connectivity index (χ3n) is 4.07. The molecule has 5 nitrogen and oxygen atoms in total. The van der Waals surface area contributed by atoms with Gasteiger partial charge in [0.25, 0.3) is 5.91 Å². The summed E-state index contributed by atoms with van der Waals surface area (Å²) in [7, 11) is 3.88. The third kappa shape index (κ3) is 3.74. The number of carboxylic acid groups (broad SMARTS) is 1. The molecule has 0 spiro atoms. The molecule has 21 heavy (non-hydrogen) atoms. The number of carbonyl (C=O) groups excluding carboxylic acids is 1. The molecule has 1 aromatic rings. The van der Waals surface area contributed by atoms with E-state index in [9.17, 15) is 9.59 Å². The summed E-state index contributed by atoms with van der Waals surface area (Å²) in [5, 5.41) is 12.0. The summed E-state index contributed by atoms with van der Waals surface area (Å²) in [6, 6.07) is 7.31. The maximum absolute atomic E-state index is 12.4. The number of aliphatic carboxylic acids is 1. The van der Waals surface area contributed by atoms with Crippen LogP contribution in [0.15, 0.2) is 24.3 Å². The SMILES string of the molecule is CN(C)c1ccc(C(=O)NC2(CC(=O)O)CCCC2)cc1. The topological polar surface area (TPSA) is 69.6 Å². The summed E-state index contributed by atoms with van der Waals surface area (Å²) in [6.45, 7) is 0. The monoisotopic (exact) mass is 290 g/mol. The van der Waals surface area contributed by atoms with Crippen LogP contribution in [-0.4, -0.2) is 36.6 Å². The predicted octanol–water partition coefficient (Wildman–Crippen LogP) is 2.27. The number of amides is 1. The molecule has 114 valence electrons. The fourth-order valence-electron chi connectivity index (χ4n) is 2.91. The average Bonchev–Trinajstić information content (AvgIpc) is 2.86. The van der Waals surface area contributed by atoms with Crippen molar-refractivity contribution in [3.8, 4) is 0 Å². The number of carboxylic acids is 1. The molecule has 0 aromatic heterocycles. The lowest BCUT2D eigenvalue weighted by molar-refractivity contribution is -0.138. The third-order valence-corrected chi connectivity index (χ3v) is 4.07. The van der Waals surface area contributed by atoms with E-state index in [0.29, 0.717) is 5.56 Å². The van der Waals surface area contributed by atoms with Crippen molar-refractivity contribution < 1.29 is 14.7 Å². The number of hydrogen-bond donors (Lipinski definition) is 2. The van der Waals surface area contributed by atoms with Crippen LogP contribution in [0.3, 0.4) is 0 Å². The Balaban J connectivity index is 2.10. The summed E-state index contributed by atoms with van der Waals surface area (Å²) in [6.07, 6.45) is 3.40. The van der Waals surface area contributed by atoms with Gasteiger partial charge in [0, 0.05) is 25.3 Å². The molecule has 1 saturated carbocycles. The maximum Gasteiger partial charge on any atom is 0.305 e. The number of rotatable bonds is 5. The van der Waals surface area contributed by atoms with Crippen LogP contribution >= 0.6 is 0 Å². The highest BCUT2D eigenvalue weighted by Gasteiger charge is 2.37. The van der Waals surface area contributed by atoms with Gasteiger partial charge in [0.1, 0.15) is 0 Å². The minimum atomic E-state index is -0.861. The summed E-state index contributed by atoms with van der Waals surface area (Å²) < 4.78 is 0. The van der Waals surface area contributed by atoms with Gasteiger partial charge in [-0.1, -0.05) is 12.8 Å². The van der Waals surface area contributed by atoms with Crippen LogP contribution in [0.25, 0.3) is 0 Å². The van der Waals surface area contributed by atoms with Gasteiger partial charge in [0.2, 0.25) is 0 Å². The molecular weight excluding hydrogens is 268 g/mol. The van der Waals surface area contributed by atoms with Crippen LogP contribution in [0.5, 0.6) is 0 Å². The van der Waals surface area contributed by atoms with Gasteiger partial charge in [-0.15, -0.1) is 0 Å². The number of carbonyl (C=O) groups is 2. The molecule has 0 heterocycles. The fourth-order valence-corrected chi connectivity index (χ4v) is 2.91. The number of nitrogens with zero attached hydrogens (tertiary/aromatic N) is 1. The molecule has 1 aliphatic rings.